The second kappa shape index (κ2) is 5.92. The number of hydrogen-bond donors (Lipinski definition) is 0. The summed E-state index contributed by atoms with van der Waals surface area (Å²) in [6, 6.07) is -0.0141. The van der Waals surface area contributed by atoms with Crippen LogP contribution < -0.4 is 0 Å². The lowest BCUT2D eigenvalue weighted by molar-refractivity contribution is -0.132. The number of amides is 1. The molecule has 0 aromatic carbocycles. The molecule has 9 heteroatoms. The summed E-state index contributed by atoms with van der Waals surface area (Å²) < 4.78 is 3.45. The van der Waals surface area contributed by atoms with Crippen molar-refractivity contribution in [3.05, 3.63) is 42.2 Å². The number of carbonyl (C=O) groups is 1. The molecule has 1 atom stereocenters. The van der Waals surface area contributed by atoms with Crippen molar-refractivity contribution in [3.63, 3.8) is 0 Å². The Morgan fingerprint density at radius 2 is 2.35 bits per heavy atom. The molecule has 1 aliphatic rings. The van der Waals surface area contributed by atoms with Gasteiger partial charge in [0.25, 0.3) is 0 Å². The van der Waals surface area contributed by atoms with Crippen LogP contribution in [0.4, 0.5) is 0 Å². The Bertz CT molecular complexity index is 780. The summed E-state index contributed by atoms with van der Waals surface area (Å²) in [7, 11) is 0. The number of aromatic nitrogens is 6. The number of likely N-dealkylation sites (tertiary alicyclic amines) is 1. The second-order valence-corrected chi connectivity index (χ2v) is 6.26. The quantitative estimate of drug-likeness (QED) is 0.720. The Morgan fingerprint density at radius 3 is 3.13 bits per heavy atom. The van der Waals surface area contributed by atoms with E-state index in [0.717, 1.165) is 30.2 Å². The molecule has 0 radical (unpaired) electrons. The van der Waals surface area contributed by atoms with Crippen LogP contribution in [0.3, 0.4) is 0 Å². The number of nitrogens with zero attached hydrogens (tertiary/aromatic N) is 7. The van der Waals surface area contributed by atoms with E-state index < -0.39 is 0 Å². The molecule has 118 valence electrons. The normalized spacial score (nSPS) is 17.7. The molecule has 1 aliphatic heterocycles. The standard InChI is InChI=1S/C14H15N7OS/c22-13(9-19-6-3-15-10-19)20-5-1-2-12(20)11-8-21(18-17-11)14-16-4-7-23-14/h3-4,6-8,10,12H,1-2,5,9H2. The molecule has 0 N–H and O–H groups in total. The summed E-state index contributed by atoms with van der Waals surface area (Å²) in [4.78, 5) is 22.6. The van der Waals surface area contributed by atoms with Gasteiger partial charge in [-0.25, -0.2) is 9.97 Å². The molecule has 1 fully saturated rings. The van der Waals surface area contributed by atoms with Crippen LogP contribution in [0.15, 0.2) is 36.5 Å². The van der Waals surface area contributed by atoms with Gasteiger partial charge in [0, 0.05) is 30.5 Å². The Balaban J connectivity index is 1.52. The van der Waals surface area contributed by atoms with Gasteiger partial charge in [-0.05, 0) is 12.8 Å². The molecule has 0 saturated carbocycles. The molecular weight excluding hydrogens is 314 g/mol. The summed E-state index contributed by atoms with van der Waals surface area (Å²) in [5.41, 5.74) is 0.816. The van der Waals surface area contributed by atoms with Crippen LogP contribution in [0, 0.1) is 0 Å². The van der Waals surface area contributed by atoms with Crippen LogP contribution in [0.5, 0.6) is 0 Å². The van der Waals surface area contributed by atoms with Gasteiger partial charge in [0.1, 0.15) is 12.2 Å². The first-order chi connectivity index (χ1) is 11.3. The van der Waals surface area contributed by atoms with Gasteiger partial charge in [-0.2, -0.15) is 4.68 Å². The molecular formula is C14H15N7OS. The molecule has 8 nitrogen and oxygen atoms in total. The number of rotatable bonds is 4. The van der Waals surface area contributed by atoms with Crippen molar-refractivity contribution >= 4 is 17.2 Å². The minimum absolute atomic E-state index is 0.0141. The molecule has 3 aromatic rings. The lowest BCUT2D eigenvalue weighted by atomic mass is 10.1. The average molecular weight is 329 g/mol. The highest BCUT2D eigenvalue weighted by Crippen LogP contribution is 2.31. The van der Waals surface area contributed by atoms with Gasteiger partial charge in [0.15, 0.2) is 0 Å². The van der Waals surface area contributed by atoms with Crippen LogP contribution in [0.2, 0.25) is 0 Å². The van der Waals surface area contributed by atoms with E-state index >= 15 is 0 Å². The van der Waals surface area contributed by atoms with Crippen LogP contribution in [0.25, 0.3) is 5.13 Å². The highest BCUT2D eigenvalue weighted by molar-refractivity contribution is 7.12. The van der Waals surface area contributed by atoms with E-state index in [9.17, 15) is 4.79 Å². The first kappa shape index (κ1) is 14.1. The molecule has 0 bridgehead atoms. The third-order valence-electron chi connectivity index (χ3n) is 3.92. The van der Waals surface area contributed by atoms with E-state index in [-0.39, 0.29) is 11.9 Å². The fraction of sp³-hybridized carbons (Fsp3) is 0.357. The second-order valence-electron chi connectivity index (χ2n) is 5.38. The fourth-order valence-corrected chi connectivity index (χ4v) is 3.41. The Labute approximate surface area is 136 Å². The first-order valence-corrected chi connectivity index (χ1v) is 8.26. The van der Waals surface area contributed by atoms with Crippen molar-refractivity contribution in [2.75, 3.05) is 6.54 Å². The third-order valence-corrected chi connectivity index (χ3v) is 4.68. The van der Waals surface area contributed by atoms with Gasteiger partial charge in [-0.3, -0.25) is 4.79 Å². The number of hydrogen-bond acceptors (Lipinski definition) is 6. The number of carbonyl (C=O) groups excluding carboxylic acids is 1. The van der Waals surface area contributed by atoms with Crippen molar-refractivity contribution in [2.24, 2.45) is 0 Å². The lowest BCUT2D eigenvalue weighted by Crippen LogP contribution is -2.33. The van der Waals surface area contributed by atoms with E-state index in [1.807, 2.05) is 16.5 Å². The molecule has 1 amide bonds. The van der Waals surface area contributed by atoms with Crippen LogP contribution in [0.1, 0.15) is 24.6 Å². The Kier molecular flexibility index (Phi) is 3.62. The number of thiazole rings is 1. The molecule has 23 heavy (non-hydrogen) atoms. The average Bonchev–Trinajstić information content (AvgIpc) is 3.30. The van der Waals surface area contributed by atoms with Gasteiger partial charge in [-0.1, -0.05) is 5.21 Å². The molecule has 1 saturated heterocycles. The molecule has 4 heterocycles. The lowest BCUT2D eigenvalue weighted by Gasteiger charge is -2.23. The maximum absolute atomic E-state index is 12.5. The topological polar surface area (TPSA) is 81.7 Å². The minimum atomic E-state index is -0.0141. The predicted molar refractivity (Wildman–Crippen MR) is 82.9 cm³/mol. The van der Waals surface area contributed by atoms with Gasteiger partial charge in [0.05, 0.1) is 18.6 Å². The van der Waals surface area contributed by atoms with Crippen LogP contribution in [-0.4, -0.2) is 46.9 Å². The van der Waals surface area contributed by atoms with Crippen LogP contribution in [-0.2, 0) is 11.3 Å². The van der Waals surface area contributed by atoms with Crippen LogP contribution >= 0.6 is 11.3 Å². The predicted octanol–water partition coefficient (Wildman–Crippen LogP) is 1.28. The molecule has 1 unspecified atom stereocenters. The van der Waals surface area contributed by atoms with Crippen molar-refractivity contribution in [2.45, 2.75) is 25.4 Å². The largest absolute Gasteiger partial charge is 0.332 e. The first-order valence-electron chi connectivity index (χ1n) is 7.38. The van der Waals surface area contributed by atoms with Gasteiger partial charge < -0.3 is 9.47 Å². The zero-order valence-electron chi connectivity index (χ0n) is 12.3. The zero-order valence-corrected chi connectivity index (χ0v) is 13.1. The van der Waals surface area contributed by atoms with E-state index in [0.29, 0.717) is 6.54 Å². The maximum Gasteiger partial charge on any atom is 0.243 e. The summed E-state index contributed by atoms with van der Waals surface area (Å²) in [6.45, 7) is 1.05. The summed E-state index contributed by atoms with van der Waals surface area (Å²) in [5.74, 6) is 0.0781. The summed E-state index contributed by atoms with van der Waals surface area (Å²) in [5, 5.41) is 11.1. The summed E-state index contributed by atoms with van der Waals surface area (Å²) in [6.07, 6.45) is 10.6. The molecule has 0 aliphatic carbocycles. The fourth-order valence-electron chi connectivity index (χ4n) is 2.85. The smallest absolute Gasteiger partial charge is 0.243 e. The highest BCUT2D eigenvalue weighted by atomic mass is 32.1. The van der Waals surface area contributed by atoms with Crippen molar-refractivity contribution in [1.29, 1.82) is 0 Å². The van der Waals surface area contributed by atoms with Crippen molar-refractivity contribution < 1.29 is 4.79 Å². The highest BCUT2D eigenvalue weighted by Gasteiger charge is 2.32. The van der Waals surface area contributed by atoms with Crippen molar-refractivity contribution in [3.8, 4) is 5.13 Å². The van der Waals surface area contributed by atoms with E-state index in [4.69, 9.17) is 0 Å². The SMILES string of the molecule is O=C(Cn1ccnc1)N1CCCC1c1cn(-c2nccs2)nn1. The molecule has 0 spiro atoms. The minimum Gasteiger partial charge on any atom is -0.332 e. The van der Waals surface area contributed by atoms with E-state index in [1.54, 1.807) is 34.2 Å². The third kappa shape index (κ3) is 2.74. The number of imidazole rings is 1. The Morgan fingerprint density at radius 1 is 1.39 bits per heavy atom. The van der Waals surface area contributed by atoms with Gasteiger partial charge in [-0.15, -0.1) is 16.4 Å². The van der Waals surface area contributed by atoms with E-state index in [1.165, 1.54) is 11.3 Å². The summed E-state index contributed by atoms with van der Waals surface area (Å²) >= 11 is 1.50. The molecule has 3 aromatic heterocycles. The van der Waals surface area contributed by atoms with E-state index in [2.05, 4.69) is 20.3 Å². The monoisotopic (exact) mass is 329 g/mol. The van der Waals surface area contributed by atoms with Gasteiger partial charge >= 0.3 is 0 Å². The van der Waals surface area contributed by atoms with Gasteiger partial charge in [0.2, 0.25) is 11.0 Å². The Hall–Kier alpha value is -2.55. The maximum atomic E-state index is 12.5. The zero-order chi connectivity index (χ0) is 15.6. The van der Waals surface area contributed by atoms with Crippen molar-refractivity contribution in [1.82, 2.24) is 34.4 Å². The molecule has 4 rings (SSSR count).